The van der Waals surface area contributed by atoms with Crippen LogP contribution < -0.4 is 10.6 Å². The van der Waals surface area contributed by atoms with Crippen molar-refractivity contribution in [3.63, 3.8) is 0 Å². The summed E-state index contributed by atoms with van der Waals surface area (Å²) in [4.78, 5) is 18.5. The Hall–Kier alpha value is -2.47. The van der Waals surface area contributed by atoms with E-state index in [1.165, 1.54) is 17.7 Å². The van der Waals surface area contributed by atoms with Gasteiger partial charge in [-0.2, -0.15) is 0 Å². The number of aromatic nitrogens is 1. The van der Waals surface area contributed by atoms with Crippen molar-refractivity contribution in [3.05, 3.63) is 60.2 Å². The van der Waals surface area contributed by atoms with Crippen molar-refractivity contribution in [1.29, 1.82) is 0 Å². The molecule has 1 aliphatic rings. The number of nitrogens with zero attached hydrogens (tertiary/aromatic N) is 2. The molecule has 1 aromatic heterocycles. The topological polar surface area (TPSA) is 57.3 Å². The van der Waals surface area contributed by atoms with E-state index in [9.17, 15) is 9.18 Å². The fourth-order valence-electron chi connectivity index (χ4n) is 3.19. The molecule has 2 heterocycles. The lowest BCUT2D eigenvalue weighted by molar-refractivity contribution is 0.166. The molecule has 1 aliphatic heterocycles. The molecule has 1 saturated heterocycles. The maximum atomic E-state index is 13.1. The summed E-state index contributed by atoms with van der Waals surface area (Å²) in [5.74, 6) is 0.0554. The maximum absolute atomic E-state index is 13.1. The molecule has 1 atom stereocenters. The zero-order valence-electron chi connectivity index (χ0n) is 14.1. The van der Waals surface area contributed by atoms with Gasteiger partial charge in [0.15, 0.2) is 0 Å². The van der Waals surface area contributed by atoms with Gasteiger partial charge in [-0.3, -0.25) is 9.88 Å². The number of carbonyl (C=O) groups is 1. The first-order valence-electron chi connectivity index (χ1n) is 8.61. The summed E-state index contributed by atoms with van der Waals surface area (Å²) in [5.41, 5.74) is 1.67. The summed E-state index contributed by atoms with van der Waals surface area (Å²) in [5, 5.41) is 5.55. The van der Waals surface area contributed by atoms with Crippen LogP contribution in [0.25, 0.3) is 0 Å². The molecular formula is C19H23FN4O. The molecule has 5 nitrogen and oxygen atoms in total. The first-order valence-corrected chi connectivity index (χ1v) is 8.61. The Labute approximate surface area is 147 Å². The molecule has 0 spiro atoms. The van der Waals surface area contributed by atoms with Crippen LogP contribution in [0.1, 0.15) is 18.4 Å². The standard InChI is InChI=1S/C19H23FN4O/c20-17-6-1-7-18(10-17)23-19(25)22-12-16-5-3-9-24(14-16)13-15-4-2-8-21-11-15/h1-2,4,6-8,10-11,16H,3,5,9,12-14H2,(H2,22,23,25). The molecule has 2 amide bonds. The van der Waals surface area contributed by atoms with E-state index in [1.807, 2.05) is 12.3 Å². The lowest BCUT2D eigenvalue weighted by atomic mass is 9.97. The number of benzene rings is 1. The van der Waals surface area contributed by atoms with Crippen LogP contribution in [0.15, 0.2) is 48.8 Å². The van der Waals surface area contributed by atoms with E-state index in [1.54, 1.807) is 18.3 Å². The Kier molecular flexibility index (Phi) is 5.95. The second kappa shape index (κ2) is 8.58. The average Bonchev–Trinajstić information content (AvgIpc) is 2.61. The van der Waals surface area contributed by atoms with Gasteiger partial charge in [-0.25, -0.2) is 9.18 Å². The van der Waals surface area contributed by atoms with Gasteiger partial charge in [0.2, 0.25) is 0 Å². The number of urea groups is 1. The number of rotatable bonds is 5. The molecule has 0 saturated carbocycles. The Morgan fingerprint density at radius 1 is 1.32 bits per heavy atom. The van der Waals surface area contributed by atoms with Crippen LogP contribution in [-0.2, 0) is 6.54 Å². The van der Waals surface area contributed by atoms with Crippen LogP contribution in [0.5, 0.6) is 0 Å². The number of pyridine rings is 1. The Balaban J connectivity index is 1.44. The third-order valence-corrected chi connectivity index (χ3v) is 4.37. The number of piperidine rings is 1. The summed E-state index contributed by atoms with van der Waals surface area (Å²) in [6, 6.07) is 9.63. The van der Waals surface area contributed by atoms with Crippen molar-refractivity contribution in [2.24, 2.45) is 5.92 Å². The van der Waals surface area contributed by atoms with Crippen molar-refractivity contribution in [1.82, 2.24) is 15.2 Å². The zero-order valence-corrected chi connectivity index (χ0v) is 14.1. The van der Waals surface area contributed by atoms with E-state index in [2.05, 4.69) is 26.6 Å². The molecule has 132 valence electrons. The predicted molar refractivity (Wildman–Crippen MR) is 95.7 cm³/mol. The second-order valence-electron chi connectivity index (χ2n) is 6.45. The molecule has 0 radical (unpaired) electrons. The normalized spacial score (nSPS) is 17.9. The summed E-state index contributed by atoms with van der Waals surface area (Å²) >= 11 is 0. The van der Waals surface area contributed by atoms with Gasteiger partial charge in [-0.05, 0) is 55.1 Å². The Morgan fingerprint density at radius 3 is 3.04 bits per heavy atom. The first kappa shape index (κ1) is 17.4. The summed E-state index contributed by atoms with van der Waals surface area (Å²) < 4.78 is 13.1. The van der Waals surface area contributed by atoms with Crippen LogP contribution in [0.2, 0.25) is 0 Å². The highest BCUT2D eigenvalue weighted by Crippen LogP contribution is 2.18. The fourth-order valence-corrected chi connectivity index (χ4v) is 3.19. The highest BCUT2D eigenvalue weighted by molar-refractivity contribution is 5.89. The largest absolute Gasteiger partial charge is 0.338 e. The minimum atomic E-state index is -0.365. The molecule has 2 N–H and O–H groups in total. The lowest BCUT2D eigenvalue weighted by Gasteiger charge is -2.32. The Morgan fingerprint density at radius 2 is 2.24 bits per heavy atom. The molecule has 3 rings (SSSR count). The van der Waals surface area contributed by atoms with Crippen molar-refractivity contribution < 1.29 is 9.18 Å². The van der Waals surface area contributed by atoms with Crippen molar-refractivity contribution in [3.8, 4) is 0 Å². The van der Waals surface area contributed by atoms with E-state index in [0.717, 1.165) is 32.5 Å². The maximum Gasteiger partial charge on any atom is 0.319 e. The molecule has 1 fully saturated rings. The number of carbonyl (C=O) groups excluding carboxylic acids is 1. The molecular weight excluding hydrogens is 319 g/mol. The third-order valence-electron chi connectivity index (χ3n) is 4.37. The van der Waals surface area contributed by atoms with E-state index in [-0.39, 0.29) is 11.8 Å². The lowest BCUT2D eigenvalue weighted by Crippen LogP contribution is -2.41. The SMILES string of the molecule is O=C(NCC1CCCN(Cc2cccnc2)C1)Nc1cccc(F)c1. The summed E-state index contributed by atoms with van der Waals surface area (Å²) in [6.07, 6.45) is 5.90. The molecule has 0 bridgehead atoms. The van der Waals surface area contributed by atoms with Gasteiger partial charge in [0.1, 0.15) is 5.82 Å². The van der Waals surface area contributed by atoms with Crippen LogP contribution in [0, 0.1) is 11.7 Å². The molecule has 1 aromatic carbocycles. The summed E-state index contributed by atoms with van der Waals surface area (Å²) in [7, 11) is 0. The second-order valence-corrected chi connectivity index (χ2v) is 6.45. The van der Waals surface area contributed by atoms with Gasteiger partial charge in [0, 0.05) is 37.7 Å². The number of likely N-dealkylation sites (tertiary alicyclic amines) is 1. The van der Waals surface area contributed by atoms with Gasteiger partial charge in [0.05, 0.1) is 0 Å². The number of halogens is 1. The van der Waals surface area contributed by atoms with Crippen LogP contribution in [0.3, 0.4) is 0 Å². The molecule has 0 aliphatic carbocycles. The van der Waals surface area contributed by atoms with Gasteiger partial charge < -0.3 is 10.6 Å². The van der Waals surface area contributed by atoms with E-state index in [0.29, 0.717) is 18.2 Å². The van der Waals surface area contributed by atoms with Gasteiger partial charge >= 0.3 is 6.03 Å². The minimum absolute atomic E-state index is 0.296. The monoisotopic (exact) mass is 342 g/mol. The van der Waals surface area contributed by atoms with Crippen LogP contribution in [-0.4, -0.2) is 35.5 Å². The van der Waals surface area contributed by atoms with E-state index in [4.69, 9.17) is 0 Å². The Bertz CT molecular complexity index is 695. The number of amides is 2. The third kappa shape index (κ3) is 5.53. The number of hydrogen-bond acceptors (Lipinski definition) is 3. The van der Waals surface area contributed by atoms with Crippen molar-refractivity contribution in [2.45, 2.75) is 19.4 Å². The highest BCUT2D eigenvalue weighted by Gasteiger charge is 2.20. The van der Waals surface area contributed by atoms with Gasteiger partial charge in [-0.1, -0.05) is 12.1 Å². The average molecular weight is 342 g/mol. The van der Waals surface area contributed by atoms with Crippen LogP contribution in [0.4, 0.5) is 14.9 Å². The minimum Gasteiger partial charge on any atom is -0.338 e. The highest BCUT2D eigenvalue weighted by atomic mass is 19.1. The summed E-state index contributed by atoms with van der Waals surface area (Å²) in [6.45, 7) is 3.53. The van der Waals surface area contributed by atoms with Gasteiger partial charge in [0.25, 0.3) is 0 Å². The smallest absolute Gasteiger partial charge is 0.319 e. The van der Waals surface area contributed by atoms with Gasteiger partial charge in [-0.15, -0.1) is 0 Å². The van der Waals surface area contributed by atoms with Crippen LogP contribution >= 0.6 is 0 Å². The quantitative estimate of drug-likeness (QED) is 0.877. The molecule has 25 heavy (non-hydrogen) atoms. The number of anilines is 1. The zero-order chi connectivity index (χ0) is 17.5. The molecule has 2 aromatic rings. The molecule has 1 unspecified atom stereocenters. The molecule has 6 heteroatoms. The van der Waals surface area contributed by atoms with E-state index >= 15 is 0 Å². The van der Waals surface area contributed by atoms with Crippen molar-refractivity contribution >= 4 is 11.7 Å². The number of hydrogen-bond donors (Lipinski definition) is 2. The van der Waals surface area contributed by atoms with Crippen molar-refractivity contribution in [2.75, 3.05) is 25.0 Å². The first-order chi connectivity index (χ1) is 12.2. The number of nitrogens with one attached hydrogen (secondary N) is 2. The fraction of sp³-hybridized carbons (Fsp3) is 0.368. The predicted octanol–water partition coefficient (Wildman–Crippen LogP) is 3.25. The van der Waals surface area contributed by atoms with E-state index < -0.39 is 0 Å².